The van der Waals surface area contributed by atoms with Crippen LogP contribution in [0.5, 0.6) is 0 Å². The zero-order valence-corrected chi connectivity index (χ0v) is 12.9. The average Bonchev–Trinajstić information content (AvgIpc) is 2.89. The minimum absolute atomic E-state index is 0.0310. The first-order valence-electron chi connectivity index (χ1n) is 7.24. The van der Waals surface area contributed by atoms with Crippen LogP contribution in [-0.2, 0) is 11.3 Å². The van der Waals surface area contributed by atoms with E-state index in [-0.39, 0.29) is 5.92 Å². The average molecular weight is 311 g/mol. The highest BCUT2D eigenvalue weighted by atomic mass is 32.1. The molecule has 0 saturated heterocycles. The van der Waals surface area contributed by atoms with Crippen LogP contribution in [0, 0.1) is 12.8 Å². The third-order valence-corrected chi connectivity index (χ3v) is 4.59. The Morgan fingerprint density at radius 3 is 2.71 bits per heavy atom. The Kier molecular flexibility index (Phi) is 5.55. The molecule has 1 atom stereocenters. The summed E-state index contributed by atoms with van der Waals surface area (Å²) in [6, 6.07) is -1.25. The van der Waals surface area contributed by atoms with Crippen molar-refractivity contribution in [3.05, 3.63) is 16.1 Å². The number of aryl methyl sites for hydroxylation is 1. The van der Waals surface area contributed by atoms with E-state index in [2.05, 4.69) is 15.6 Å². The number of hydrogen-bond acceptors (Lipinski definition) is 4. The summed E-state index contributed by atoms with van der Waals surface area (Å²) in [5, 5.41) is 17.4. The van der Waals surface area contributed by atoms with E-state index in [1.165, 1.54) is 11.3 Å². The van der Waals surface area contributed by atoms with E-state index in [1.54, 1.807) is 0 Å². The predicted octanol–water partition coefficient (Wildman–Crippen LogP) is 2.28. The lowest BCUT2D eigenvalue weighted by Crippen LogP contribution is -2.50. The van der Waals surface area contributed by atoms with E-state index < -0.39 is 18.0 Å². The van der Waals surface area contributed by atoms with Gasteiger partial charge in [-0.05, 0) is 25.7 Å². The Bertz CT molecular complexity index is 497. The number of carbonyl (C=O) groups excluding carboxylic acids is 1. The number of carboxylic acid groups (broad SMARTS) is 1. The van der Waals surface area contributed by atoms with Crippen molar-refractivity contribution in [1.82, 2.24) is 15.6 Å². The normalized spacial score (nSPS) is 17.2. The zero-order valence-electron chi connectivity index (χ0n) is 12.1. The van der Waals surface area contributed by atoms with Crippen LogP contribution >= 0.6 is 11.3 Å². The van der Waals surface area contributed by atoms with Crippen molar-refractivity contribution < 1.29 is 14.7 Å². The number of thiazole rings is 1. The van der Waals surface area contributed by atoms with Crippen LogP contribution in [0.15, 0.2) is 5.38 Å². The van der Waals surface area contributed by atoms with E-state index in [1.807, 2.05) is 12.3 Å². The number of hydrogen-bond donors (Lipinski definition) is 3. The second-order valence-electron chi connectivity index (χ2n) is 5.40. The van der Waals surface area contributed by atoms with Crippen molar-refractivity contribution in [2.45, 2.75) is 51.6 Å². The fourth-order valence-corrected chi connectivity index (χ4v) is 3.31. The highest BCUT2D eigenvalue weighted by molar-refractivity contribution is 7.09. The summed E-state index contributed by atoms with van der Waals surface area (Å²) in [6.45, 7) is 2.21. The molecule has 2 rings (SSSR count). The van der Waals surface area contributed by atoms with Crippen molar-refractivity contribution in [2.24, 2.45) is 5.92 Å². The summed E-state index contributed by atoms with van der Waals surface area (Å²) in [5.41, 5.74) is 0.789. The molecule has 0 bridgehead atoms. The molecule has 7 heteroatoms. The maximum Gasteiger partial charge on any atom is 0.326 e. The van der Waals surface area contributed by atoms with E-state index in [0.717, 1.165) is 42.8 Å². The van der Waals surface area contributed by atoms with Crippen LogP contribution in [0.1, 0.15) is 42.8 Å². The van der Waals surface area contributed by atoms with Gasteiger partial charge in [0.15, 0.2) is 0 Å². The van der Waals surface area contributed by atoms with Gasteiger partial charge in [-0.15, -0.1) is 11.3 Å². The first kappa shape index (κ1) is 15.8. The summed E-state index contributed by atoms with van der Waals surface area (Å²) in [5.74, 6) is -0.926. The number of aromatic nitrogens is 1. The van der Waals surface area contributed by atoms with Gasteiger partial charge in [-0.1, -0.05) is 19.3 Å². The van der Waals surface area contributed by atoms with Crippen LogP contribution in [0.3, 0.4) is 0 Å². The number of urea groups is 1. The molecule has 1 aromatic heterocycles. The van der Waals surface area contributed by atoms with Crippen molar-refractivity contribution in [3.63, 3.8) is 0 Å². The highest BCUT2D eigenvalue weighted by Crippen LogP contribution is 2.26. The molecule has 116 valence electrons. The molecule has 1 unspecified atom stereocenters. The molecule has 1 aliphatic rings. The van der Waals surface area contributed by atoms with Crippen LogP contribution < -0.4 is 10.6 Å². The zero-order chi connectivity index (χ0) is 15.2. The van der Waals surface area contributed by atoms with E-state index in [4.69, 9.17) is 0 Å². The molecule has 2 amide bonds. The minimum Gasteiger partial charge on any atom is -0.480 e. The van der Waals surface area contributed by atoms with Gasteiger partial charge < -0.3 is 15.7 Å². The third-order valence-electron chi connectivity index (χ3n) is 3.77. The molecule has 6 nitrogen and oxygen atoms in total. The van der Waals surface area contributed by atoms with Gasteiger partial charge in [0.1, 0.15) is 6.04 Å². The smallest absolute Gasteiger partial charge is 0.326 e. The molecule has 21 heavy (non-hydrogen) atoms. The van der Waals surface area contributed by atoms with Crippen molar-refractivity contribution in [3.8, 4) is 0 Å². The summed E-state index contributed by atoms with van der Waals surface area (Å²) in [4.78, 5) is 27.5. The monoisotopic (exact) mass is 311 g/mol. The first-order chi connectivity index (χ1) is 10.1. The second-order valence-corrected chi connectivity index (χ2v) is 6.46. The number of rotatable bonds is 5. The van der Waals surface area contributed by atoms with Crippen molar-refractivity contribution in [1.29, 1.82) is 0 Å². The van der Waals surface area contributed by atoms with Gasteiger partial charge >= 0.3 is 12.0 Å². The lowest BCUT2D eigenvalue weighted by molar-refractivity contribution is -0.141. The standard InChI is InChI=1S/C14H21N3O3S/c1-9-16-11(8-21-9)7-15-14(20)17-12(13(18)19)10-5-3-2-4-6-10/h8,10,12H,2-7H2,1H3,(H,18,19)(H2,15,17,20). The molecule has 1 fully saturated rings. The van der Waals surface area contributed by atoms with Gasteiger partial charge in [-0.2, -0.15) is 0 Å². The van der Waals surface area contributed by atoms with Crippen molar-refractivity contribution in [2.75, 3.05) is 0 Å². The fraction of sp³-hybridized carbons (Fsp3) is 0.643. The maximum atomic E-state index is 11.9. The maximum absolute atomic E-state index is 11.9. The Hall–Kier alpha value is -1.63. The van der Waals surface area contributed by atoms with Gasteiger partial charge in [0.25, 0.3) is 0 Å². The number of carbonyl (C=O) groups is 2. The SMILES string of the molecule is Cc1nc(CNC(=O)NC(C(=O)O)C2CCCCC2)cs1. The van der Waals surface area contributed by atoms with E-state index >= 15 is 0 Å². The molecular weight excluding hydrogens is 290 g/mol. The van der Waals surface area contributed by atoms with Crippen LogP contribution in [0.4, 0.5) is 4.79 Å². The molecule has 3 N–H and O–H groups in total. The van der Waals surface area contributed by atoms with Crippen LogP contribution in [-0.4, -0.2) is 28.1 Å². The summed E-state index contributed by atoms with van der Waals surface area (Å²) >= 11 is 1.52. The van der Waals surface area contributed by atoms with E-state index in [0.29, 0.717) is 6.54 Å². The summed E-state index contributed by atoms with van der Waals surface area (Å²) in [7, 11) is 0. The Labute approximate surface area is 128 Å². The third kappa shape index (κ3) is 4.70. The molecule has 1 aromatic rings. The second kappa shape index (κ2) is 7.40. The van der Waals surface area contributed by atoms with Gasteiger partial charge in [0.05, 0.1) is 17.2 Å². The number of aliphatic carboxylic acids is 1. The summed E-state index contributed by atoms with van der Waals surface area (Å²) in [6.07, 6.45) is 4.95. The highest BCUT2D eigenvalue weighted by Gasteiger charge is 2.30. The summed E-state index contributed by atoms with van der Waals surface area (Å²) < 4.78 is 0. The van der Waals surface area contributed by atoms with Crippen LogP contribution in [0.25, 0.3) is 0 Å². The van der Waals surface area contributed by atoms with Gasteiger partial charge in [-0.25, -0.2) is 14.6 Å². The van der Waals surface area contributed by atoms with Crippen LogP contribution in [0.2, 0.25) is 0 Å². The molecule has 0 radical (unpaired) electrons. The largest absolute Gasteiger partial charge is 0.480 e. The predicted molar refractivity (Wildman–Crippen MR) is 80.2 cm³/mol. The number of carboxylic acids is 1. The topological polar surface area (TPSA) is 91.3 Å². The molecular formula is C14H21N3O3S. The molecule has 0 aromatic carbocycles. The molecule has 1 saturated carbocycles. The number of nitrogens with zero attached hydrogens (tertiary/aromatic N) is 1. The van der Waals surface area contributed by atoms with E-state index in [9.17, 15) is 14.7 Å². The fourth-order valence-electron chi connectivity index (χ4n) is 2.70. The molecule has 1 aliphatic carbocycles. The van der Waals surface area contributed by atoms with Gasteiger partial charge in [0.2, 0.25) is 0 Å². The first-order valence-corrected chi connectivity index (χ1v) is 8.12. The van der Waals surface area contributed by atoms with Gasteiger partial charge in [-0.3, -0.25) is 0 Å². The number of amides is 2. The number of nitrogens with one attached hydrogen (secondary N) is 2. The lowest BCUT2D eigenvalue weighted by atomic mass is 9.84. The Morgan fingerprint density at radius 2 is 2.14 bits per heavy atom. The Balaban J connectivity index is 1.84. The minimum atomic E-state index is -0.957. The molecule has 1 heterocycles. The molecule has 0 aliphatic heterocycles. The molecule has 0 spiro atoms. The van der Waals surface area contributed by atoms with Gasteiger partial charge in [0, 0.05) is 5.38 Å². The van der Waals surface area contributed by atoms with Crippen molar-refractivity contribution >= 4 is 23.3 Å². The lowest BCUT2D eigenvalue weighted by Gasteiger charge is -2.28. The Morgan fingerprint density at radius 1 is 1.43 bits per heavy atom. The quantitative estimate of drug-likeness (QED) is 0.778.